The molecule has 0 aliphatic carbocycles. The highest BCUT2D eigenvalue weighted by Gasteiger charge is 2.14. The maximum Gasteiger partial charge on any atom is 0.220 e. The number of carbonyl (C=O) groups is 2. The highest BCUT2D eigenvalue weighted by Crippen LogP contribution is 2.16. The van der Waals surface area contributed by atoms with E-state index >= 15 is 0 Å². The van der Waals surface area contributed by atoms with Gasteiger partial charge in [-0.25, -0.2) is 0 Å². The standard InChI is InChI=1S/C21H22N2O2/c1-14-4-5-15(2)19(12-14)20(24)10-11-21(25)23-16(3)18-8-6-17(13-22)7-9-18/h4-9,12,16H,10-11H2,1-3H3,(H,23,25). The van der Waals surface area contributed by atoms with Crippen LogP contribution in [0, 0.1) is 25.2 Å². The minimum absolute atomic E-state index is 0.0117. The van der Waals surface area contributed by atoms with Gasteiger partial charge in [0.15, 0.2) is 5.78 Å². The Morgan fingerprint density at radius 1 is 1.08 bits per heavy atom. The lowest BCUT2D eigenvalue weighted by atomic mass is 9.99. The Hall–Kier alpha value is -2.93. The van der Waals surface area contributed by atoms with E-state index in [0.717, 1.165) is 16.7 Å². The van der Waals surface area contributed by atoms with E-state index in [1.807, 2.05) is 51.1 Å². The van der Waals surface area contributed by atoms with E-state index in [9.17, 15) is 9.59 Å². The summed E-state index contributed by atoms with van der Waals surface area (Å²) >= 11 is 0. The van der Waals surface area contributed by atoms with Gasteiger partial charge in [-0.05, 0) is 50.1 Å². The number of nitriles is 1. The third-order valence-corrected chi connectivity index (χ3v) is 4.19. The number of aryl methyl sites for hydroxylation is 2. The lowest BCUT2D eigenvalue weighted by molar-refractivity contribution is -0.121. The van der Waals surface area contributed by atoms with Crippen molar-refractivity contribution >= 4 is 11.7 Å². The highest BCUT2D eigenvalue weighted by atomic mass is 16.2. The molecule has 1 atom stereocenters. The number of benzene rings is 2. The first-order valence-corrected chi connectivity index (χ1v) is 8.30. The number of hydrogen-bond acceptors (Lipinski definition) is 3. The third-order valence-electron chi connectivity index (χ3n) is 4.19. The molecule has 0 aromatic heterocycles. The Bertz CT molecular complexity index is 817. The molecule has 2 rings (SSSR count). The van der Waals surface area contributed by atoms with Gasteiger partial charge in [-0.1, -0.05) is 29.8 Å². The fourth-order valence-corrected chi connectivity index (χ4v) is 2.64. The van der Waals surface area contributed by atoms with Gasteiger partial charge in [-0.3, -0.25) is 9.59 Å². The number of rotatable bonds is 6. The molecule has 0 saturated carbocycles. The predicted molar refractivity (Wildman–Crippen MR) is 97.2 cm³/mol. The summed E-state index contributed by atoms with van der Waals surface area (Å²) in [6, 6.07) is 14.8. The molecule has 0 radical (unpaired) electrons. The summed E-state index contributed by atoms with van der Waals surface area (Å²) in [4.78, 5) is 24.5. The molecule has 25 heavy (non-hydrogen) atoms. The van der Waals surface area contributed by atoms with Gasteiger partial charge < -0.3 is 5.32 Å². The van der Waals surface area contributed by atoms with Crippen LogP contribution in [0.25, 0.3) is 0 Å². The fourth-order valence-electron chi connectivity index (χ4n) is 2.64. The van der Waals surface area contributed by atoms with Crippen molar-refractivity contribution in [2.24, 2.45) is 0 Å². The lowest BCUT2D eigenvalue weighted by Crippen LogP contribution is -2.27. The molecule has 0 aliphatic rings. The lowest BCUT2D eigenvalue weighted by Gasteiger charge is -2.14. The van der Waals surface area contributed by atoms with Gasteiger partial charge in [-0.15, -0.1) is 0 Å². The highest BCUT2D eigenvalue weighted by molar-refractivity contribution is 5.99. The molecular formula is C21H22N2O2. The first-order chi connectivity index (χ1) is 11.9. The van der Waals surface area contributed by atoms with E-state index in [1.165, 1.54) is 0 Å². The number of nitrogens with one attached hydrogen (secondary N) is 1. The van der Waals surface area contributed by atoms with Gasteiger partial charge in [0.1, 0.15) is 0 Å². The molecule has 0 bridgehead atoms. The maximum atomic E-state index is 12.3. The summed E-state index contributed by atoms with van der Waals surface area (Å²) in [5.41, 5.74) is 4.16. The van der Waals surface area contributed by atoms with Crippen LogP contribution >= 0.6 is 0 Å². The van der Waals surface area contributed by atoms with Crippen LogP contribution in [0.3, 0.4) is 0 Å². The molecule has 0 heterocycles. The van der Waals surface area contributed by atoms with Crippen molar-refractivity contribution in [3.63, 3.8) is 0 Å². The Labute approximate surface area is 148 Å². The molecule has 1 unspecified atom stereocenters. The fraction of sp³-hybridized carbons (Fsp3) is 0.286. The average molecular weight is 334 g/mol. The molecule has 1 amide bonds. The molecule has 4 nitrogen and oxygen atoms in total. The van der Waals surface area contributed by atoms with Crippen molar-refractivity contribution in [3.05, 3.63) is 70.3 Å². The average Bonchev–Trinajstić information content (AvgIpc) is 2.61. The number of ketones is 1. The SMILES string of the molecule is Cc1ccc(C)c(C(=O)CCC(=O)NC(C)c2ccc(C#N)cc2)c1. The van der Waals surface area contributed by atoms with E-state index in [1.54, 1.807) is 12.1 Å². The summed E-state index contributed by atoms with van der Waals surface area (Å²) in [6.45, 7) is 5.73. The van der Waals surface area contributed by atoms with Gasteiger partial charge in [0.25, 0.3) is 0 Å². The number of Topliss-reactive ketones (excluding diaryl/α,β-unsaturated/α-hetero) is 1. The second kappa shape index (κ2) is 8.25. The largest absolute Gasteiger partial charge is 0.350 e. The van der Waals surface area contributed by atoms with Gasteiger partial charge in [0.05, 0.1) is 17.7 Å². The van der Waals surface area contributed by atoms with Crippen LogP contribution in [0.2, 0.25) is 0 Å². The Morgan fingerprint density at radius 3 is 2.40 bits per heavy atom. The molecule has 0 spiro atoms. The van der Waals surface area contributed by atoms with Crippen LogP contribution in [0.4, 0.5) is 0 Å². The molecule has 0 saturated heterocycles. The van der Waals surface area contributed by atoms with Crippen LogP contribution in [0.5, 0.6) is 0 Å². The van der Waals surface area contributed by atoms with E-state index in [-0.39, 0.29) is 30.6 Å². The zero-order chi connectivity index (χ0) is 18.4. The van der Waals surface area contributed by atoms with Gasteiger partial charge in [-0.2, -0.15) is 5.26 Å². The molecule has 128 valence electrons. The summed E-state index contributed by atoms with van der Waals surface area (Å²) in [5, 5.41) is 11.7. The van der Waals surface area contributed by atoms with Crippen molar-refractivity contribution in [3.8, 4) is 6.07 Å². The molecule has 2 aromatic carbocycles. The van der Waals surface area contributed by atoms with Crippen LogP contribution in [0.15, 0.2) is 42.5 Å². The van der Waals surface area contributed by atoms with Crippen molar-refractivity contribution < 1.29 is 9.59 Å². The van der Waals surface area contributed by atoms with Crippen LogP contribution < -0.4 is 5.32 Å². The summed E-state index contributed by atoms with van der Waals surface area (Å²) in [6.07, 6.45) is 0.350. The Balaban J connectivity index is 1.90. The molecule has 1 N–H and O–H groups in total. The molecule has 0 aliphatic heterocycles. The number of carbonyl (C=O) groups excluding carboxylic acids is 2. The summed E-state index contributed by atoms with van der Waals surface area (Å²) < 4.78 is 0. The number of hydrogen-bond donors (Lipinski definition) is 1. The van der Waals surface area contributed by atoms with Crippen LogP contribution in [0.1, 0.15) is 58.4 Å². The Morgan fingerprint density at radius 2 is 1.76 bits per heavy atom. The van der Waals surface area contributed by atoms with Gasteiger partial charge in [0.2, 0.25) is 5.91 Å². The quantitative estimate of drug-likeness (QED) is 0.811. The van der Waals surface area contributed by atoms with E-state index in [2.05, 4.69) is 11.4 Å². The third kappa shape index (κ3) is 5.02. The minimum atomic E-state index is -0.170. The zero-order valence-corrected chi connectivity index (χ0v) is 14.8. The smallest absolute Gasteiger partial charge is 0.220 e. The zero-order valence-electron chi connectivity index (χ0n) is 14.8. The van der Waals surface area contributed by atoms with Crippen molar-refractivity contribution in [1.29, 1.82) is 5.26 Å². The van der Waals surface area contributed by atoms with Crippen molar-refractivity contribution in [2.75, 3.05) is 0 Å². The van der Waals surface area contributed by atoms with Crippen LogP contribution in [-0.4, -0.2) is 11.7 Å². The van der Waals surface area contributed by atoms with Crippen LogP contribution in [-0.2, 0) is 4.79 Å². The minimum Gasteiger partial charge on any atom is -0.350 e. The van der Waals surface area contributed by atoms with Gasteiger partial charge >= 0.3 is 0 Å². The second-order valence-electron chi connectivity index (χ2n) is 6.26. The van der Waals surface area contributed by atoms with E-state index in [0.29, 0.717) is 11.1 Å². The first kappa shape index (κ1) is 18.4. The monoisotopic (exact) mass is 334 g/mol. The van der Waals surface area contributed by atoms with E-state index < -0.39 is 0 Å². The molecular weight excluding hydrogens is 312 g/mol. The summed E-state index contributed by atoms with van der Waals surface area (Å²) in [7, 11) is 0. The maximum absolute atomic E-state index is 12.3. The second-order valence-corrected chi connectivity index (χ2v) is 6.26. The van der Waals surface area contributed by atoms with Crippen molar-refractivity contribution in [1.82, 2.24) is 5.32 Å². The normalized spacial score (nSPS) is 11.4. The number of nitrogens with zero attached hydrogens (tertiary/aromatic N) is 1. The number of amides is 1. The first-order valence-electron chi connectivity index (χ1n) is 8.30. The van der Waals surface area contributed by atoms with Gasteiger partial charge in [0, 0.05) is 18.4 Å². The van der Waals surface area contributed by atoms with E-state index in [4.69, 9.17) is 5.26 Å². The van der Waals surface area contributed by atoms with Crippen molar-refractivity contribution in [2.45, 2.75) is 39.7 Å². The molecule has 4 heteroatoms. The molecule has 0 fully saturated rings. The molecule has 2 aromatic rings. The topological polar surface area (TPSA) is 70.0 Å². The predicted octanol–water partition coefficient (Wildman–Crippen LogP) is 4.02. The summed E-state index contributed by atoms with van der Waals surface area (Å²) in [5.74, 6) is -0.169. The Kier molecular flexibility index (Phi) is 6.08.